The minimum absolute atomic E-state index is 0.231. The molecule has 2 rings (SSSR count). The summed E-state index contributed by atoms with van der Waals surface area (Å²) < 4.78 is 7.43. The third-order valence-corrected chi connectivity index (χ3v) is 2.75. The van der Waals surface area contributed by atoms with Gasteiger partial charge < -0.3 is 9.30 Å². The molecule has 0 saturated heterocycles. The molecule has 5 heteroatoms. The van der Waals surface area contributed by atoms with Crippen molar-refractivity contribution in [1.29, 1.82) is 0 Å². The number of amides is 1. The molecule has 0 spiro atoms. The number of ether oxygens (including phenoxy) is 1. The second-order valence-corrected chi connectivity index (χ2v) is 3.98. The van der Waals surface area contributed by atoms with Crippen LogP contribution in [0.1, 0.15) is 24.7 Å². The Morgan fingerprint density at radius 3 is 3.24 bits per heavy atom. The molecule has 1 aliphatic heterocycles. The molecule has 0 aliphatic carbocycles. The van der Waals surface area contributed by atoms with Gasteiger partial charge in [-0.2, -0.15) is 0 Å². The first-order valence-electron chi connectivity index (χ1n) is 5.85. The van der Waals surface area contributed by atoms with Gasteiger partial charge in [0.05, 0.1) is 18.9 Å². The molecule has 0 atom stereocenters. The van der Waals surface area contributed by atoms with E-state index in [2.05, 4.69) is 28.4 Å². The number of hydrogen-bond donors (Lipinski definition) is 1. The van der Waals surface area contributed by atoms with Gasteiger partial charge in [0.25, 0.3) is 0 Å². The maximum absolute atomic E-state index is 11.3. The normalized spacial score (nSPS) is 14.2. The fourth-order valence-corrected chi connectivity index (χ4v) is 1.99. The van der Waals surface area contributed by atoms with Crippen LogP contribution in [-0.4, -0.2) is 22.1 Å². The first-order valence-corrected chi connectivity index (χ1v) is 5.85. The number of carbonyl (C=O) groups is 1. The third kappa shape index (κ3) is 2.39. The molecule has 0 bridgehead atoms. The molecule has 1 aromatic heterocycles. The van der Waals surface area contributed by atoms with Gasteiger partial charge in [0.2, 0.25) is 11.9 Å². The molecule has 1 N–H and O–H groups in total. The fraction of sp³-hybridized carbons (Fsp3) is 0.500. The van der Waals surface area contributed by atoms with Crippen molar-refractivity contribution in [3.63, 3.8) is 0 Å². The molecule has 0 fully saturated rings. The first kappa shape index (κ1) is 11.9. The zero-order valence-electron chi connectivity index (χ0n) is 10.0. The lowest BCUT2D eigenvalue weighted by Gasteiger charge is -2.14. The highest BCUT2D eigenvalue weighted by Crippen LogP contribution is 2.21. The van der Waals surface area contributed by atoms with Crippen LogP contribution in [0.4, 0.5) is 5.95 Å². The van der Waals surface area contributed by atoms with Gasteiger partial charge in [0.15, 0.2) is 0 Å². The van der Waals surface area contributed by atoms with Gasteiger partial charge >= 0.3 is 0 Å². The van der Waals surface area contributed by atoms with Crippen molar-refractivity contribution in [3.05, 3.63) is 24.0 Å². The van der Waals surface area contributed by atoms with E-state index in [1.165, 1.54) is 11.8 Å². The Balaban J connectivity index is 2.32. The number of anilines is 1. The molecule has 2 heterocycles. The number of imidazole rings is 1. The summed E-state index contributed by atoms with van der Waals surface area (Å²) in [5.74, 6) is 0.373. The molecular weight excluding hydrogens is 218 g/mol. The van der Waals surface area contributed by atoms with E-state index >= 15 is 0 Å². The van der Waals surface area contributed by atoms with E-state index in [0.29, 0.717) is 12.6 Å². The van der Waals surface area contributed by atoms with Crippen molar-refractivity contribution in [2.45, 2.75) is 32.9 Å². The van der Waals surface area contributed by atoms with E-state index in [1.54, 1.807) is 0 Å². The van der Waals surface area contributed by atoms with Gasteiger partial charge in [-0.05, 0) is 12.5 Å². The monoisotopic (exact) mass is 235 g/mol. The molecule has 0 radical (unpaired) electrons. The van der Waals surface area contributed by atoms with Crippen LogP contribution in [0.5, 0.6) is 0 Å². The molecule has 17 heavy (non-hydrogen) atoms. The fourth-order valence-electron chi connectivity index (χ4n) is 1.99. The number of rotatable bonds is 4. The summed E-state index contributed by atoms with van der Waals surface area (Å²) in [5, 5.41) is 2.74. The van der Waals surface area contributed by atoms with Gasteiger partial charge in [-0.25, -0.2) is 4.98 Å². The quantitative estimate of drug-likeness (QED) is 0.804. The highest BCUT2D eigenvalue weighted by molar-refractivity contribution is 5.97. The second kappa shape index (κ2) is 5.14. The van der Waals surface area contributed by atoms with Gasteiger partial charge in [0.1, 0.15) is 0 Å². The minimum Gasteiger partial charge on any atom is -0.375 e. The zero-order valence-corrected chi connectivity index (χ0v) is 10.0. The minimum atomic E-state index is -0.231. The van der Waals surface area contributed by atoms with Crippen molar-refractivity contribution < 1.29 is 9.53 Å². The molecule has 1 amide bonds. The molecular formula is C12H17N3O2. The van der Waals surface area contributed by atoms with E-state index in [0.717, 1.165) is 31.7 Å². The lowest BCUT2D eigenvalue weighted by atomic mass is 10.2. The van der Waals surface area contributed by atoms with Crippen molar-refractivity contribution in [1.82, 2.24) is 9.55 Å². The molecule has 0 unspecified atom stereocenters. The third-order valence-electron chi connectivity index (χ3n) is 2.75. The van der Waals surface area contributed by atoms with Crippen LogP contribution in [0.25, 0.3) is 0 Å². The summed E-state index contributed by atoms with van der Waals surface area (Å²) in [6, 6.07) is 0. The Morgan fingerprint density at radius 1 is 1.71 bits per heavy atom. The van der Waals surface area contributed by atoms with E-state index in [9.17, 15) is 4.79 Å². The average molecular weight is 235 g/mol. The molecule has 5 nitrogen and oxygen atoms in total. The largest absolute Gasteiger partial charge is 0.375 e. The van der Waals surface area contributed by atoms with Gasteiger partial charge in [-0.1, -0.05) is 13.5 Å². The van der Waals surface area contributed by atoms with E-state index < -0.39 is 0 Å². The number of nitrogens with zero attached hydrogens (tertiary/aromatic N) is 2. The predicted octanol–water partition coefficient (Wildman–Crippen LogP) is 1.49. The van der Waals surface area contributed by atoms with Crippen LogP contribution in [0.2, 0.25) is 0 Å². The van der Waals surface area contributed by atoms with Crippen molar-refractivity contribution in [2.24, 2.45) is 0 Å². The Labute approximate surface area is 100 Å². The summed E-state index contributed by atoms with van der Waals surface area (Å²) in [6.45, 7) is 7.65. The standard InChI is InChI=1S/C12H17N3O2/c1-3-6-15-10-5-7-17-8-9(10)13-12(15)14-11(16)4-2/h4H,2-3,5-8H2,1H3,(H,13,14,16). The Kier molecular flexibility index (Phi) is 3.58. The number of carbonyl (C=O) groups excluding carboxylic acids is 1. The molecule has 0 saturated carbocycles. The summed E-state index contributed by atoms with van der Waals surface area (Å²) in [7, 11) is 0. The molecule has 1 aliphatic rings. The van der Waals surface area contributed by atoms with Crippen LogP contribution in [0.15, 0.2) is 12.7 Å². The molecule has 92 valence electrons. The maximum Gasteiger partial charge on any atom is 0.250 e. The number of hydrogen-bond acceptors (Lipinski definition) is 3. The molecule has 0 aromatic carbocycles. The smallest absolute Gasteiger partial charge is 0.250 e. The second-order valence-electron chi connectivity index (χ2n) is 3.98. The van der Waals surface area contributed by atoms with E-state index in [1.807, 2.05) is 0 Å². The zero-order chi connectivity index (χ0) is 12.3. The first-order chi connectivity index (χ1) is 8.26. The maximum atomic E-state index is 11.3. The molecule has 1 aromatic rings. The number of aromatic nitrogens is 2. The predicted molar refractivity (Wildman–Crippen MR) is 64.7 cm³/mol. The topological polar surface area (TPSA) is 56.2 Å². The average Bonchev–Trinajstić information content (AvgIpc) is 2.68. The number of fused-ring (bicyclic) bond motifs is 1. The van der Waals surface area contributed by atoms with Gasteiger partial charge in [0, 0.05) is 18.7 Å². The Bertz CT molecular complexity index is 437. The summed E-state index contributed by atoms with van der Waals surface area (Å²) in [5.41, 5.74) is 2.11. The SMILES string of the molecule is C=CC(=O)Nc1nc2c(n1CCC)CCOC2. The van der Waals surface area contributed by atoms with Crippen molar-refractivity contribution in [3.8, 4) is 0 Å². The Hall–Kier alpha value is -1.62. The van der Waals surface area contributed by atoms with Crippen molar-refractivity contribution >= 4 is 11.9 Å². The Morgan fingerprint density at radius 2 is 2.53 bits per heavy atom. The van der Waals surface area contributed by atoms with Crippen LogP contribution in [0, 0.1) is 0 Å². The van der Waals surface area contributed by atoms with Crippen LogP contribution in [0.3, 0.4) is 0 Å². The van der Waals surface area contributed by atoms with E-state index in [-0.39, 0.29) is 5.91 Å². The number of nitrogens with one attached hydrogen (secondary N) is 1. The van der Waals surface area contributed by atoms with Crippen LogP contribution >= 0.6 is 0 Å². The van der Waals surface area contributed by atoms with Crippen LogP contribution in [-0.2, 0) is 29.1 Å². The van der Waals surface area contributed by atoms with Gasteiger partial charge in [-0.3, -0.25) is 10.1 Å². The summed E-state index contributed by atoms with van der Waals surface area (Å²) in [6.07, 6.45) is 3.10. The van der Waals surface area contributed by atoms with E-state index in [4.69, 9.17) is 4.74 Å². The summed E-state index contributed by atoms with van der Waals surface area (Å²) >= 11 is 0. The van der Waals surface area contributed by atoms with Crippen LogP contribution < -0.4 is 5.32 Å². The summed E-state index contributed by atoms with van der Waals surface area (Å²) in [4.78, 5) is 15.8. The lowest BCUT2D eigenvalue weighted by Crippen LogP contribution is -2.16. The van der Waals surface area contributed by atoms with Gasteiger partial charge in [-0.15, -0.1) is 0 Å². The highest BCUT2D eigenvalue weighted by Gasteiger charge is 2.20. The lowest BCUT2D eigenvalue weighted by molar-refractivity contribution is -0.111. The van der Waals surface area contributed by atoms with Crippen molar-refractivity contribution in [2.75, 3.05) is 11.9 Å². The highest BCUT2D eigenvalue weighted by atomic mass is 16.5.